The minimum absolute atomic E-state index is 1.17. The van der Waals surface area contributed by atoms with Crippen LogP contribution in [0, 0.1) is 0 Å². The van der Waals surface area contributed by atoms with E-state index in [0.29, 0.717) is 0 Å². The van der Waals surface area contributed by atoms with Crippen LogP contribution in [0.15, 0.2) is 200 Å². The maximum absolute atomic E-state index is 2.45. The van der Waals surface area contributed by atoms with Crippen molar-refractivity contribution in [3.8, 4) is 16.8 Å². The van der Waals surface area contributed by atoms with Crippen LogP contribution < -0.4 is 0 Å². The van der Waals surface area contributed by atoms with E-state index in [1.54, 1.807) is 0 Å². The van der Waals surface area contributed by atoms with Gasteiger partial charge >= 0.3 is 0 Å². The van der Waals surface area contributed by atoms with Crippen LogP contribution in [0.5, 0.6) is 0 Å². The molecule has 0 saturated heterocycles. The summed E-state index contributed by atoms with van der Waals surface area (Å²) in [4.78, 5) is 0. The SMILES string of the molecule is c1ccc2c(c1)c1ccccc1c1cc(-n3c4ccccc4c4cc(-c5ccc6c7ccccc7c7c8ccccc8c8ccccc8c7c6c5)ccc43)ccc21. The van der Waals surface area contributed by atoms with Gasteiger partial charge in [0.05, 0.1) is 11.0 Å². The Morgan fingerprint density at radius 2 is 0.561 bits per heavy atom. The van der Waals surface area contributed by atoms with Crippen molar-refractivity contribution in [2.75, 3.05) is 0 Å². The number of rotatable bonds is 2. The minimum Gasteiger partial charge on any atom is -0.309 e. The van der Waals surface area contributed by atoms with Gasteiger partial charge in [-0.05, 0) is 134 Å². The van der Waals surface area contributed by atoms with Gasteiger partial charge in [0.1, 0.15) is 0 Å². The zero-order chi connectivity index (χ0) is 37.2. The number of aromatic nitrogens is 1. The normalized spacial score (nSPS) is 12.2. The number of para-hydroxylation sites is 1. The number of benzene rings is 12. The second kappa shape index (κ2) is 11.5. The molecule has 57 heavy (non-hydrogen) atoms. The molecule has 1 heteroatoms. The lowest BCUT2D eigenvalue weighted by Crippen LogP contribution is -1.94. The Morgan fingerprint density at radius 1 is 0.211 bits per heavy atom. The van der Waals surface area contributed by atoms with E-state index >= 15 is 0 Å². The van der Waals surface area contributed by atoms with Crippen LogP contribution in [0.4, 0.5) is 0 Å². The molecule has 1 aromatic heterocycles. The first-order valence-corrected chi connectivity index (χ1v) is 19.8. The fraction of sp³-hybridized carbons (Fsp3) is 0. The Balaban J connectivity index is 1.07. The topological polar surface area (TPSA) is 4.93 Å². The summed E-state index contributed by atoms with van der Waals surface area (Å²) in [6.07, 6.45) is 0. The summed E-state index contributed by atoms with van der Waals surface area (Å²) in [6, 6.07) is 74.6. The van der Waals surface area contributed by atoms with Crippen molar-refractivity contribution in [2.45, 2.75) is 0 Å². The molecular formula is C56H33N. The van der Waals surface area contributed by atoms with E-state index in [1.807, 2.05) is 0 Å². The van der Waals surface area contributed by atoms with Crippen molar-refractivity contribution in [2.24, 2.45) is 0 Å². The third-order valence-electron chi connectivity index (χ3n) is 12.7. The molecule has 0 radical (unpaired) electrons. The van der Waals surface area contributed by atoms with Crippen LogP contribution in [-0.2, 0) is 0 Å². The third kappa shape index (κ3) is 4.23. The molecule has 0 amide bonds. The van der Waals surface area contributed by atoms with Gasteiger partial charge < -0.3 is 4.57 Å². The Morgan fingerprint density at radius 3 is 1.12 bits per heavy atom. The molecule has 0 spiro atoms. The predicted molar refractivity (Wildman–Crippen MR) is 246 cm³/mol. The van der Waals surface area contributed by atoms with Gasteiger partial charge in [0, 0.05) is 16.5 Å². The lowest BCUT2D eigenvalue weighted by molar-refractivity contribution is 1.19. The minimum atomic E-state index is 1.17. The van der Waals surface area contributed by atoms with E-state index in [1.165, 1.54) is 125 Å². The Hall–Kier alpha value is -7.48. The molecule has 13 aromatic rings. The summed E-state index contributed by atoms with van der Waals surface area (Å²) in [5.74, 6) is 0. The summed E-state index contributed by atoms with van der Waals surface area (Å²) < 4.78 is 2.45. The molecule has 0 unspecified atom stereocenters. The van der Waals surface area contributed by atoms with Crippen molar-refractivity contribution in [3.63, 3.8) is 0 Å². The molecule has 0 aliphatic carbocycles. The van der Waals surface area contributed by atoms with Crippen LogP contribution in [-0.4, -0.2) is 4.57 Å². The van der Waals surface area contributed by atoms with Crippen LogP contribution in [0.25, 0.3) is 125 Å². The largest absolute Gasteiger partial charge is 0.309 e. The molecule has 1 heterocycles. The molecular weight excluding hydrogens is 687 g/mol. The Labute approximate surface area is 328 Å². The molecule has 1 nitrogen and oxygen atoms in total. The summed E-state index contributed by atoms with van der Waals surface area (Å²) in [5, 5.41) is 23.3. The summed E-state index contributed by atoms with van der Waals surface area (Å²) >= 11 is 0. The number of nitrogens with zero attached hydrogens (tertiary/aromatic N) is 1. The predicted octanol–water partition coefficient (Wildman–Crippen LogP) is 15.7. The molecule has 12 aromatic carbocycles. The van der Waals surface area contributed by atoms with E-state index in [0.717, 1.165) is 0 Å². The molecule has 0 N–H and O–H groups in total. The number of hydrogen-bond donors (Lipinski definition) is 0. The van der Waals surface area contributed by atoms with E-state index in [9.17, 15) is 0 Å². The van der Waals surface area contributed by atoms with Gasteiger partial charge in [-0.15, -0.1) is 0 Å². The average molecular weight is 720 g/mol. The van der Waals surface area contributed by atoms with Crippen LogP contribution >= 0.6 is 0 Å². The molecule has 0 saturated carbocycles. The first-order chi connectivity index (χ1) is 28.3. The highest BCUT2D eigenvalue weighted by atomic mass is 15.0. The second-order valence-corrected chi connectivity index (χ2v) is 15.6. The van der Waals surface area contributed by atoms with Crippen LogP contribution in [0.1, 0.15) is 0 Å². The fourth-order valence-electron chi connectivity index (χ4n) is 10.3. The molecule has 0 atom stereocenters. The van der Waals surface area contributed by atoms with Gasteiger partial charge in [0.15, 0.2) is 0 Å². The van der Waals surface area contributed by atoms with E-state index < -0.39 is 0 Å². The highest BCUT2D eigenvalue weighted by molar-refractivity contribution is 6.39. The fourth-order valence-corrected chi connectivity index (χ4v) is 10.3. The monoisotopic (exact) mass is 719 g/mol. The molecule has 0 aliphatic heterocycles. The summed E-state index contributed by atoms with van der Waals surface area (Å²) in [5.41, 5.74) is 6.03. The average Bonchev–Trinajstić information content (AvgIpc) is 3.62. The zero-order valence-corrected chi connectivity index (χ0v) is 31.0. The standard InChI is InChI=1S/C56H33N/c1-2-15-39-37(13-1)38-14-3-4-19-43(38)50-33-36(27-29-44(39)50)57-53-24-12-11-20-46(53)51-31-35(26-30-54(51)57)34-25-28-45-42-18-7-9-22-48(42)55-47-21-8-5-16-40(47)41-17-6-10-23-49(41)56(55)52(45)32-34/h1-33H. The lowest BCUT2D eigenvalue weighted by Gasteiger charge is -2.17. The van der Waals surface area contributed by atoms with E-state index in [4.69, 9.17) is 0 Å². The highest BCUT2D eigenvalue weighted by Gasteiger charge is 2.18. The Kier molecular flexibility index (Phi) is 6.23. The maximum Gasteiger partial charge on any atom is 0.0541 e. The van der Waals surface area contributed by atoms with Crippen molar-refractivity contribution < 1.29 is 0 Å². The van der Waals surface area contributed by atoms with Crippen molar-refractivity contribution in [3.05, 3.63) is 200 Å². The number of fused-ring (bicyclic) bond motifs is 20. The van der Waals surface area contributed by atoms with Gasteiger partial charge in [-0.3, -0.25) is 0 Å². The molecule has 0 bridgehead atoms. The third-order valence-corrected chi connectivity index (χ3v) is 12.7. The zero-order valence-electron chi connectivity index (χ0n) is 31.0. The van der Waals surface area contributed by atoms with E-state index in [-0.39, 0.29) is 0 Å². The molecule has 0 fully saturated rings. The number of hydrogen-bond acceptors (Lipinski definition) is 0. The maximum atomic E-state index is 2.45. The second-order valence-electron chi connectivity index (χ2n) is 15.6. The first kappa shape index (κ1) is 30.8. The van der Waals surface area contributed by atoms with Crippen LogP contribution in [0.3, 0.4) is 0 Å². The van der Waals surface area contributed by atoms with Gasteiger partial charge in [-0.1, -0.05) is 164 Å². The van der Waals surface area contributed by atoms with Crippen molar-refractivity contribution >= 4 is 108 Å². The van der Waals surface area contributed by atoms with E-state index in [2.05, 4.69) is 205 Å². The van der Waals surface area contributed by atoms with Gasteiger partial charge in [0.25, 0.3) is 0 Å². The summed E-state index contributed by atoms with van der Waals surface area (Å²) in [6.45, 7) is 0. The molecule has 262 valence electrons. The Bertz CT molecular complexity index is 3810. The highest BCUT2D eigenvalue weighted by Crippen LogP contribution is 2.45. The quantitative estimate of drug-likeness (QED) is 0.157. The molecule has 13 rings (SSSR count). The van der Waals surface area contributed by atoms with Crippen molar-refractivity contribution in [1.29, 1.82) is 0 Å². The smallest absolute Gasteiger partial charge is 0.0541 e. The summed E-state index contributed by atoms with van der Waals surface area (Å²) in [7, 11) is 0. The van der Waals surface area contributed by atoms with Crippen molar-refractivity contribution in [1.82, 2.24) is 4.57 Å². The van der Waals surface area contributed by atoms with Crippen LogP contribution in [0.2, 0.25) is 0 Å². The van der Waals surface area contributed by atoms with Gasteiger partial charge in [0.2, 0.25) is 0 Å². The lowest BCUT2D eigenvalue weighted by atomic mass is 9.86. The molecule has 0 aliphatic rings. The van der Waals surface area contributed by atoms with Gasteiger partial charge in [-0.2, -0.15) is 0 Å². The van der Waals surface area contributed by atoms with Gasteiger partial charge in [-0.25, -0.2) is 0 Å². The first-order valence-electron chi connectivity index (χ1n) is 19.8.